The van der Waals surface area contributed by atoms with Crippen molar-refractivity contribution in [2.24, 2.45) is 5.14 Å². The predicted octanol–water partition coefficient (Wildman–Crippen LogP) is -0.165. The first-order valence-corrected chi connectivity index (χ1v) is 6.43. The summed E-state index contributed by atoms with van der Waals surface area (Å²) in [6.45, 7) is 1.36. The van der Waals surface area contributed by atoms with Gasteiger partial charge in [0.1, 0.15) is 0 Å². The van der Waals surface area contributed by atoms with Crippen molar-refractivity contribution in [1.29, 1.82) is 0 Å². The van der Waals surface area contributed by atoms with E-state index < -0.39 is 10.2 Å². The van der Waals surface area contributed by atoms with E-state index in [1.165, 1.54) is 4.31 Å². The molecule has 0 amide bonds. The lowest BCUT2D eigenvalue weighted by Gasteiger charge is -2.42. The number of nitrogens with two attached hydrogens (primary N) is 1. The summed E-state index contributed by atoms with van der Waals surface area (Å²) in [4.78, 5) is 0. The molecule has 2 N–H and O–H groups in total. The fourth-order valence-corrected chi connectivity index (χ4v) is 3.65. The lowest BCUT2D eigenvalue weighted by atomic mass is 9.98. The molecule has 0 unspecified atom stereocenters. The van der Waals surface area contributed by atoms with Gasteiger partial charge in [-0.25, -0.2) is 5.14 Å². The minimum atomic E-state index is -3.56. The van der Waals surface area contributed by atoms with Crippen molar-refractivity contribution in [2.45, 2.75) is 31.2 Å². The highest BCUT2D eigenvalue weighted by Crippen LogP contribution is 2.38. The SMILES string of the molecule is NS(=O)(=O)N1CCOCC12CCCC2. The van der Waals surface area contributed by atoms with Crippen LogP contribution in [-0.4, -0.2) is 38.0 Å². The molecule has 0 aromatic carbocycles. The highest BCUT2D eigenvalue weighted by molar-refractivity contribution is 7.86. The number of hydrogen-bond acceptors (Lipinski definition) is 3. The van der Waals surface area contributed by atoms with Crippen LogP contribution in [0.3, 0.4) is 0 Å². The van der Waals surface area contributed by atoms with Gasteiger partial charge in [0.05, 0.1) is 18.8 Å². The Bertz CT molecular complexity index is 309. The molecule has 5 nitrogen and oxygen atoms in total. The molecule has 1 saturated heterocycles. The molecule has 1 spiro atoms. The predicted molar refractivity (Wildman–Crippen MR) is 51.8 cm³/mol. The smallest absolute Gasteiger partial charge is 0.277 e. The molecule has 0 atom stereocenters. The van der Waals surface area contributed by atoms with Crippen molar-refractivity contribution in [3.05, 3.63) is 0 Å². The zero-order valence-electron chi connectivity index (χ0n) is 8.11. The molecule has 6 heteroatoms. The number of morpholine rings is 1. The van der Waals surface area contributed by atoms with Crippen molar-refractivity contribution >= 4 is 10.2 Å². The van der Waals surface area contributed by atoms with E-state index in [1.54, 1.807) is 0 Å². The molecule has 0 bridgehead atoms. The summed E-state index contributed by atoms with van der Waals surface area (Å²) in [5.41, 5.74) is -0.328. The third kappa shape index (κ3) is 1.67. The van der Waals surface area contributed by atoms with Gasteiger partial charge in [0.25, 0.3) is 10.2 Å². The van der Waals surface area contributed by atoms with E-state index in [0.29, 0.717) is 19.8 Å². The van der Waals surface area contributed by atoms with Crippen LogP contribution in [0.2, 0.25) is 0 Å². The monoisotopic (exact) mass is 220 g/mol. The molecule has 0 aromatic heterocycles. The first kappa shape index (κ1) is 10.4. The van der Waals surface area contributed by atoms with Crippen molar-refractivity contribution < 1.29 is 13.2 Å². The van der Waals surface area contributed by atoms with Crippen LogP contribution in [0.5, 0.6) is 0 Å². The first-order chi connectivity index (χ1) is 6.55. The van der Waals surface area contributed by atoms with Crippen LogP contribution in [0.1, 0.15) is 25.7 Å². The largest absolute Gasteiger partial charge is 0.378 e. The van der Waals surface area contributed by atoms with Crippen LogP contribution < -0.4 is 5.14 Å². The van der Waals surface area contributed by atoms with E-state index >= 15 is 0 Å². The van der Waals surface area contributed by atoms with Gasteiger partial charge in [-0.1, -0.05) is 12.8 Å². The molecule has 2 fully saturated rings. The molecule has 1 aliphatic carbocycles. The van der Waals surface area contributed by atoms with Crippen LogP contribution in [0.4, 0.5) is 0 Å². The zero-order chi connectivity index (χ0) is 10.2. The Morgan fingerprint density at radius 2 is 1.93 bits per heavy atom. The first-order valence-electron chi connectivity index (χ1n) is 4.93. The molecule has 0 aromatic rings. The van der Waals surface area contributed by atoms with E-state index in [9.17, 15) is 8.42 Å². The van der Waals surface area contributed by atoms with Gasteiger partial charge in [-0.3, -0.25) is 0 Å². The van der Waals surface area contributed by atoms with Crippen molar-refractivity contribution in [2.75, 3.05) is 19.8 Å². The zero-order valence-corrected chi connectivity index (χ0v) is 8.92. The van der Waals surface area contributed by atoms with Crippen molar-refractivity contribution in [3.63, 3.8) is 0 Å². The summed E-state index contributed by atoms with van der Waals surface area (Å²) in [5.74, 6) is 0. The minimum Gasteiger partial charge on any atom is -0.378 e. The molecular formula is C8H16N2O3S. The van der Waals surface area contributed by atoms with Gasteiger partial charge in [-0.05, 0) is 12.8 Å². The van der Waals surface area contributed by atoms with Crippen molar-refractivity contribution in [1.82, 2.24) is 4.31 Å². The molecule has 1 heterocycles. The Morgan fingerprint density at radius 3 is 2.50 bits per heavy atom. The maximum absolute atomic E-state index is 11.4. The summed E-state index contributed by atoms with van der Waals surface area (Å²) in [6, 6.07) is 0. The molecule has 2 aliphatic rings. The second-order valence-corrected chi connectivity index (χ2v) is 5.57. The van der Waals surface area contributed by atoms with Gasteiger partial charge in [0.2, 0.25) is 0 Å². The lowest BCUT2D eigenvalue weighted by Crippen LogP contribution is -2.59. The van der Waals surface area contributed by atoms with Crippen LogP contribution >= 0.6 is 0 Å². The average molecular weight is 220 g/mol. The van der Waals surface area contributed by atoms with E-state index in [-0.39, 0.29) is 5.54 Å². The van der Waals surface area contributed by atoms with Gasteiger partial charge >= 0.3 is 0 Å². The van der Waals surface area contributed by atoms with Gasteiger partial charge in [0.15, 0.2) is 0 Å². The van der Waals surface area contributed by atoms with Gasteiger partial charge in [-0.2, -0.15) is 12.7 Å². The quantitative estimate of drug-likeness (QED) is 0.667. The Hall–Kier alpha value is -0.170. The third-order valence-corrected chi connectivity index (χ3v) is 4.36. The molecule has 1 aliphatic heterocycles. The summed E-state index contributed by atoms with van der Waals surface area (Å²) in [7, 11) is -3.56. The summed E-state index contributed by atoms with van der Waals surface area (Å²) < 4.78 is 29.6. The van der Waals surface area contributed by atoms with Gasteiger partial charge in [-0.15, -0.1) is 0 Å². The van der Waals surface area contributed by atoms with Crippen molar-refractivity contribution in [3.8, 4) is 0 Å². The number of nitrogens with zero attached hydrogens (tertiary/aromatic N) is 1. The van der Waals surface area contributed by atoms with E-state index in [1.807, 2.05) is 0 Å². The normalized spacial score (nSPS) is 28.4. The van der Waals surface area contributed by atoms with Crippen LogP contribution in [-0.2, 0) is 14.9 Å². The van der Waals surface area contributed by atoms with E-state index in [4.69, 9.17) is 9.88 Å². The van der Waals surface area contributed by atoms with E-state index in [2.05, 4.69) is 0 Å². The van der Waals surface area contributed by atoms with Crippen LogP contribution in [0, 0.1) is 0 Å². The Kier molecular flexibility index (Phi) is 2.55. The number of ether oxygens (including phenoxy) is 1. The van der Waals surface area contributed by atoms with Crippen LogP contribution in [0.25, 0.3) is 0 Å². The lowest BCUT2D eigenvalue weighted by molar-refractivity contribution is -0.0226. The minimum absolute atomic E-state index is 0.328. The summed E-state index contributed by atoms with van der Waals surface area (Å²) in [6.07, 6.45) is 3.89. The second-order valence-electron chi connectivity index (χ2n) is 4.10. The highest BCUT2D eigenvalue weighted by Gasteiger charge is 2.46. The Labute approximate surface area is 84.4 Å². The summed E-state index contributed by atoms with van der Waals surface area (Å²) >= 11 is 0. The van der Waals surface area contributed by atoms with Gasteiger partial charge in [0, 0.05) is 6.54 Å². The fourth-order valence-electron chi connectivity index (χ4n) is 2.54. The van der Waals surface area contributed by atoms with E-state index in [0.717, 1.165) is 25.7 Å². The average Bonchev–Trinajstić information content (AvgIpc) is 2.52. The molecule has 82 valence electrons. The molecule has 2 rings (SSSR count). The van der Waals surface area contributed by atoms with Gasteiger partial charge < -0.3 is 4.74 Å². The Morgan fingerprint density at radius 1 is 1.29 bits per heavy atom. The summed E-state index contributed by atoms with van der Waals surface area (Å²) in [5, 5.41) is 5.21. The topological polar surface area (TPSA) is 72.6 Å². The Balaban J connectivity index is 2.27. The molecule has 0 radical (unpaired) electrons. The maximum atomic E-state index is 11.4. The maximum Gasteiger partial charge on any atom is 0.277 e. The molecule has 14 heavy (non-hydrogen) atoms. The highest BCUT2D eigenvalue weighted by atomic mass is 32.2. The third-order valence-electron chi connectivity index (χ3n) is 3.18. The number of hydrogen-bond donors (Lipinski definition) is 1. The molecule has 1 saturated carbocycles. The second kappa shape index (κ2) is 3.44. The van der Waals surface area contributed by atoms with Crippen LogP contribution in [0.15, 0.2) is 0 Å². The fraction of sp³-hybridized carbons (Fsp3) is 1.00. The molecular weight excluding hydrogens is 204 g/mol. The standard InChI is InChI=1S/C8H16N2O3S/c9-14(11,12)10-5-6-13-7-8(10)3-1-2-4-8/h1-7H2,(H2,9,11,12). The number of rotatable bonds is 1.